The normalized spacial score (nSPS) is 19.3. The molecule has 0 unspecified atom stereocenters. The fourth-order valence-electron chi connectivity index (χ4n) is 3.61. The number of hydrazone groups is 1. The summed E-state index contributed by atoms with van der Waals surface area (Å²) >= 11 is 1.27. The van der Waals surface area contributed by atoms with Crippen LogP contribution in [-0.2, 0) is 14.3 Å². The van der Waals surface area contributed by atoms with E-state index in [1.807, 2.05) is 6.07 Å². The van der Waals surface area contributed by atoms with Gasteiger partial charge in [0.05, 0.1) is 31.0 Å². The van der Waals surface area contributed by atoms with Gasteiger partial charge >= 0.3 is 5.97 Å². The highest BCUT2D eigenvalue weighted by molar-refractivity contribution is 8.26. The van der Waals surface area contributed by atoms with Crippen molar-refractivity contribution in [2.45, 2.75) is 6.92 Å². The number of ether oxygens (including phenoxy) is 2. The van der Waals surface area contributed by atoms with Crippen molar-refractivity contribution in [1.29, 1.82) is 5.41 Å². The number of amidine groups is 3. The lowest BCUT2D eigenvalue weighted by molar-refractivity contribution is -0.114. The largest absolute Gasteiger partial charge is 0.462 e. The molecule has 3 aliphatic heterocycles. The average Bonchev–Trinajstić information content (AvgIpc) is 3.50. The van der Waals surface area contributed by atoms with Crippen LogP contribution in [-0.4, -0.2) is 70.9 Å². The third-order valence-electron chi connectivity index (χ3n) is 5.30. The number of carbonyl (C=O) groups excluding carboxylic acids is 2. The van der Waals surface area contributed by atoms with Crippen LogP contribution in [0.5, 0.6) is 0 Å². The molecule has 0 spiro atoms. The van der Waals surface area contributed by atoms with Gasteiger partial charge in [0, 0.05) is 18.7 Å². The summed E-state index contributed by atoms with van der Waals surface area (Å²) in [5.74, 6) is -0.0973. The van der Waals surface area contributed by atoms with Crippen LogP contribution >= 0.6 is 11.8 Å². The van der Waals surface area contributed by atoms with Crippen molar-refractivity contribution in [2.75, 3.05) is 32.9 Å². The zero-order chi connectivity index (χ0) is 23.7. The fraction of sp³-hybridized carbons (Fsp3) is 0.261. The van der Waals surface area contributed by atoms with Crippen LogP contribution in [0.3, 0.4) is 0 Å². The number of hydrogen-bond acceptors (Lipinski definition) is 9. The van der Waals surface area contributed by atoms with E-state index in [4.69, 9.17) is 19.3 Å². The lowest BCUT2D eigenvalue weighted by Gasteiger charge is -2.26. The first-order valence-corrected chi connectivity index (χ1v) is 11.6. The topological polar surface area (TPSA) is 121 Å². The number of fused-ring (bicyclic) bond motifs is 1. The summed E-state index contributed by atoms with van der Waals surface area (Å²) in [6.07, 6.45) is 1.48. The number of nitrogens with zero attached hydrogens (tertiary/aromatic N) is 4. The van der Waals surface area contributed by atoms with Crippen LogP contribution < -0.4 is 0 Å². The van der Waals surface area contributed by atoms with Crippen LogP contribution in [0.1, 0.15) is 23.0 Å². The number of nitrogens with one attached hydrogen (secondary N) is 1. The van der Waals surface area contributed by atoms with Crippen LogP contribution in [0.15, 0.2) is 56.5 Å². The second-order valence-electron chi connectivity index (χ2n) is 7.51. The van der Waals surface area contributed by atoms with E-state index in [9.17, 15) is 9.59 Å². The fourth-order valence-corrected chi connectivity index (χ4v) is 4.55. The van der Waals surface area contributed by atoms with Gasteiger partial charge in [0.2, 0.25) is 5.17 Å². The van der Waals surface area contributed by atoms with E-state index in [0.29, 0.717) is 65.9 Å². The number of aliphatic imine (C=N–C) groups is 1. The lowest BCUT2D eigenvalue weighted by Crippen LogP contribution is -2.39. The lowest BCUT2D eigenvalue weighted by atomic mass is 10.1. The Hall–Kier alpha value is -3.70. The monoisotopic (exact) mass is 479 g/mol. The minimum atomic E-state index is -0.524. The first-order valence-electron chi connectivity index (χ1n) is 10.7. The molecule has 1 fully saturated rings. The molecule has 0 bridgehead atoms. The molecule has 0 saturated carbocycles. The van der Waals surface area contributed by atoms with Gasteiger partial charge in [-0.25, -0.2) is 4.79 Å². The standard InChI is InChI=1S/C23H21N5O5S/c1-2-32-21(30)15-5-3-4-14(12-15)18-7-6-16(33-18)13-17-19(24)28-22(25-20(17)29)34-23(26-28)27-8-10-31-11-9-27/h3-7,12-13,24H,2,8-11H2,1H3/b17-13-,24-19?. The minimum Gasteiger partial charge on any atom is -0.462 e. The van der Waals surface area contributed by atoms with E-state index in [1.165, 1.54) is 22.8 Å². The van der Waals surface area contributed by atoms with Crippen molar-refractivity contribution in [3.8, 4) is 11.3 Å². The number of furan rings is 1. The summed E-state index contributed by atoms with van der Waals surface area (Å²) in [7, 11) is 0. The number of rotatable bonds is 4. The van der Waals surface area contributed by atoms with E-state index in [2.05, 4.69) is 15.0 Å². The summed E-state index contributed by atoms with van der Waals surface area (Å²) in [6, 6.07) is 10.3. The third kappa shape index (κ3) is 4.27. The van der Waals surface area contributed by atoms with Crippen LogP contribution in [0.4, 0.5) is 0 Å². The quantitative estimate of drug-likeness (QED) is 0.525. The summed E-state index contributed by atoms with van der Waals surface area (Å²) in [5.41, 5.74) is 1.19. The summed E-state index contributed by atoms with van der Waals surface area (Å²) in [5, 5.41) is 15.5. The Kier molecular flexibility index (Phi) is 6.03. The molecule has 174 valence electrons. The second kappa shape index (κ2) is 9.27. The highest BCUT2D eigenvalue weighted by Gasteiger charge is 2.37. The maximum Gasteiger partial charge on any atom is 0.338 e. The predicted octanol–water partition coefficient (Wildman–Crippen LogP) is 3.03. The Morgan fingerprint density at radius 2 is 2.06 bits per heavy atom. The first kappa shape index (κ1) is 22.1. The van der Waals surface area contributed by atoms with Crippen LogP contribution in [0, 0.1) is 5.41 Å². The molecule has 10 nitrogen and oxygen atoms in total. The second-order valence-corrected chi connectivity index (χ2v) is 8.44. The molecular formula is C23H21N5O5S. The van der Waals surface area contributed by atoms with Gasteiger partial charge in [-0.1, -0.05) is 12.1 Å². The molecular weight excluding hydrogens is 458 g/mol. The first-order chi connectivity index (χ1) is 16.5. The van der Waals surface area contributed by atoms with E-state index >= 15 is 0 Å². The smallest absolute Gasteiger partial charge is 0.338 e. The van der Waals surface area contributed by atoms with E-state index in [-0.39, 0.29) is 11.4 Å². The van der Waals surface area contributed by atoms with E-state index in [0.717, 1.165) is 0 Å². The van der Waals surface area contributed by atoms with Crippen molar-refractivity contribution in [1.82, 2.24) is 9.91 Å². The Morgan fingerprint density at radius 3 is 2.85 bits per heavy atom. The number of carbonyl (C=O) groups is 2. The Labute approximate surface area is 199 Å². The number of morpholine rings is 1. The molecule has 0 atom stereocenters. The summed E-state index contributed by atoms with van der Waals surface area (Å²) < 4.78 is 16.3. The van der Waals surface area contributed by atoms with Gasteiger partial charge in [-0.05, 0) is 49.0 Å². The van der Waals surface area contributed by atoms with Gasteiger partial charge in [-0.15, -0.1) is 5.10 Å². The van der Waals surface area contributed by atoms with Crippen molar-refractivity contribution < 1.29 is 23.5 Å². The number of esters is 1. The zero-order valence-electron chi connectivity index (χ0n) is 18.3. The minimum absolute atomic E-state index is 0.0620. The van der Waals surface area contributed by atoms with E-state index in [1.54, 1.807) is 37.3 Å². The summed E-state index contributed by atoms with van der Waals surface area (Å²) in [6.45, 7) is 4.65. The SMILES string of the molecule is CCOC(=O)c1cccc(-c2ccc(/C=C3/C(=N)N4N=C(N5CCOCC5)SC4=NC3=O)o2)c1. The highest BCUT2D eigenvalue weighted by atomic mass is 32.2. The molecule has 1 saturated heterocycles. The Morgan fingerprint density at radius 1 is 1.24 bits per heavy atom. The van der Waals surface area contributed by atoms with Gasteiger partial charge in [0.15, 0.2) is 11.0 Å². The zero-order valence-corrected chi connectivity index (χ0v) is 19.1. The number of hydrogen-bond donors (Lipinski definition) is 1. The molecule has 0 aliphatic carbocycles. The van der Waals surface area contributed by atoms with Gasteiger partial charge in [0.1, 0.15) is 11.5 Å². The van der Waals surface area contributed by atoms with Gasteiger partial charge in [0.25, 0.3) is 5.91 Å². The maximum atomic E-state index is 12.7. The number of benzene rings is 1. The molecule has 1 N–H and O–H groups in total. The Balaban J connectivity index is 1.37. The molecule has 0 radical (unpaired) electrons. The van der Waals surface area contributed by atoms with Gasteiger partial charge in [-0.3, -0.25) is 10.2 Å². The number of thioether (sulfide) groups is 1. The maximum absolute atomic E-state index is 12.7. The number of amides is 1. The van der Waals surface area contributed by atoms with Gasteiger partial charge in [-0.2, -0.15) is 10.0 Å². The average molecular weight is 480 g/mol. The summed E-state index contributed by atoms with van der Waals surface area (Å²) in [4.78, 5) is 30.9. The molecule has 11 heteroatoms. The van der Waals surface area contributed by atoms with Crippen LogP contribution in [0.2, 0.25) is 0 Å². The molecule has 2 aromatic rings. The molecule has 4 heterocycles. The molecule has 1 aromatic carbocycles. The molecule has 1 aromatic heterocycles. The van der Waals surface area contributed by atoms with Crippen LogP contribution in [0.25, 0.3) is 17.4 Å². The molecule has 3 aliphatic rings. The predicted molar refractivity (Wildman–Crippen MR) is 128 cm³/mol. The van der Waals surface area contributed by atoms with E-state index < -0.39 is 11.9 Å². The van der Waals surface area contributed by atoms with Crippen molar-refractivity contribution in [2.24, 2.45) is 10.1 Å². The highest BCUT2D eigenvalue weighted by Crippen LogP contribution is 2.31. The molecule has 5 rings (SSSR count). The van der Waals surface area contributed by atoms with Gasteiger partial charge < -0.3 is 18.8 Å². The third-order valence-corrected chi connectivity index (χ3v) is 6.27. The van der Waals surface area contributed by atoms with Crippen molar-refractivity contribution in [3.63, 3.8) is 0 Å². The molecule has 1 amide bonds. The molecule has 34 heavy (non-hydrogen) atoms. The van der Waals surface area contributed by atoms with Crippen molar-refractivity contribution in [3.05, 3.63) is 53.3 Å². The van der Waals surface area contributed by atoms with Crippen molar-refractivity contribution >= 4 is 45.9 Å². The Bertz CT molecular complexity index is 1260.